The number of aromatic nitrogens is 1. The summed E-state index contributed by atoms with van der Waals surface area (Å²) < 4.78 is 1.05. The highest BCUT2D eigenvalue weighted by Crippen LogP contribution is 2.32. The van der Waals surface area contributed by atoms with Gasteiger partial charge in [-0.25, -0.2) is 4.98 Å². The van der Waals surface area contributed by atoms with Crippen molar-refractivity contribution in [2.45, 2.75) is 44.6 Å². The Hall–Kier alpha value is -0.570. The Kier molecular flexibility index (Phi) is 3.29. The normalized spacial score (nSPS) is 19.9. The molecule has 0 bridgehead atoms. The van der Waals surface area contributed by atoms with Crippen LogP contribution in [0, 0.1) is 0 Å². The molecule has 0 spiro atoms. The molecular formula is C12H17BrN2. The van der Waals surface area contributed by atoms with Crippen LogP contribution in [0.4, 0.5) is 5.82 Å². The van der Waals surface area contributed by atoms with Gasteiger partial charge in [0.15, 0.2) is 0 Å². The van der Waals surface area contributed by atoms with Crippen LogP contribution in [0.15, 0.2) is 22.8 Å². The zero-order chi connectivity index (χ0) is 10.7. The molecule has 0 aromatic carbocycles. The van der Waals surface area contributed by atoms with Crippen LogP contribution in [-0.4, -0.2) is 10.5 Å². The average Bonchev–Trinajstić information content (AvgIpc) is 2.22. The van der Waals surface area contributed by atoms with E-state index < -0.39 is 0 Å². The Morgan fingerprint density at radius 3 is 2.73 bits per heavy atom. The summed E-state index contributed by atoms with van der Waals surface area (Å²) in [6.07, 6.45) is 8.36. The number of nitrogens with zero attached hydrogens (tertiary/aromatic N) is 1. The number of hydrogen-bond donors (Lipinski definition) is 1. The fraction of sp³-hybridized carbons (Fsp3) is 0.583. The minimum atomic E-state index is 0.231. The largest absolute Gasteiger partial charge is 0.364 e. The van der Waals surface area contributed by atoms with Crippen molar-refractivity contribution < 1.29 is 0 Å². The van der Waals surface area contributed by atoms with Crippen LogP contribution in [0.1, 0.15) is 39.0 Å². The summed E-state index contributed by atoms with van der Waals surface area (Å²) in [4.78, 5) is 4.36. The molecule has 2 rings (SSSR count). The zero-order valence-corrected chi connectivity index (χ0v) is 10.7. The van der Waals surface area contributed by atoms with Crippen molar-refractivity contribution in [2.75, 3.05) is 5.32 Å². The van der Waals surface area contributed by atoms with Crippen LogP contribution in [0.2, 0.25) is 0 Å². The summed E-state index contributed by atoms with van der Waals surface area (Å²) in [6.45, 7) is 2.30. The maximum atomic E-state index is 4.36. The molecule has 0 amide bonds. The van der Waals surface area contributed by atoms with Gasteiger partial charge in [0.25, 0.3) is 0 Å². The lowest BCUT2D eigenvalue weighted by molar-refractivity contribution is 0.348. The van der Waals surface area contributed by atoms with Crippen molar-refractivity contribution in [1.29, 1.82) is 0 Å². The van der Waals surface area contributed by atoms with E-state index in [0.717, 1.165) is 10.3 Å². The van der Waals surface area contributed by atoms with Gasteiger partial charge in [-0.15, -0.1) is 0 Å². The molecule has 1 aromatic heterocycles. The van der Waals surface area contributed by atoms with E-state index in [0.29, 0.717) is 0 Å². The highest BCUT2D eigenvalue weighted by atomic mass is 79.9. The molecule has 0 saturated heterocycles. The first-order valence-electron chi connectivity index (χ1n) is 5.58. The molecule has 2 nitrogen and oxygen atoms in total. The van der Waals surface area contributed by atoms with E-state index in [1.54, 1.807) is 0 Å². The smallest absolute Gasteiger partial charge is 0.140 e. The lowest BCUT2D eigenvalue weighted by Gasteiger charge is -2.35. The van der Waals surface area contributed by atoms with Gasteiger partial charge in [-0.1, -0.05) is 19.3 Å². The van der Waals surface area contributed by atoms with E-state index in [1.165, 1.54) is 32.1 Å². The third-order valence-corrected chi connectivity index (χ3v) is 3.78. The molecule has 3 heteroatoms. The molecule has 0 atom stereocenters. The fourth-order valence-electron chi connectivity index (χ4n) is 2.22. The monoisotopic (exact) mass is 268 g/mol. The third-order valence-electron chi connectivity index (χ3n) is 3.14. The average molecular weight is 269 g/mol. The maximum absolute atomic E-state index is 4.36. The molecule has 15 heavy (non-hydrogen) atoms. The van der Waals surface area contributed by atoms with Gasteiger partial charge in [0.05, 0.1) is 4.47 Å². The quantitative estimate of drug-likeness (QED) is 0.878. The van der Waals surface area contributed by atoms with Crippen molar-refractivity contribution in [2.24, 2.45) is 0 Å². The van der Waals surface area contributed by atoms with Crippen molar-refractivity contribution in [3.63, 3.8) is 0 Å². The van der Waals surface area contributed by atoms with Gasteiger partial charge in [0.1, 0.15) is 5.82 Å². The van der Waals surface area contributed by atoms with Crippen LogP contribution in [0.3, 0.4) is 0 Å². The molecule has 1 aromatic rings. The summed E-state index contributed by atoms with van der Waals surface area (Å²) in [5, 5.41) is 3.57. The van der Waals surface area contributed by atoms with Crippen molar-refractivity contribution in [1.82, 2.24) is 4.98 Å². The van der Waals surface area contributed by atoms with E-state index >= 15 is 0 Å². The molecule has 1 aliphatic rings. The van der Waals surface area contributed by atoms with E-state index in [1.807, 2.05) is 18.3 Å². The standard InChI is InChI=1S/C12H17BrN2/c1-12(7-3-2-4-8-12)15-11-10(13)6-5-9-14-11/h5-6,9H,2-4,7-8H2,1H3,(H,14,15). The van der Waals surface area contributed by atoms with Gasteiger partial charge in [-0.2, -0.15) is 0 Å². The summed E-state index contributed by atoms with van der Waals surface area (Å²) >= 11 is 3.52. The Balaban J connectivity index is 2.10. The predicted octanol–water partition coefficient (Wildman–Crippen LogP) is 3.98. The zero-order valence-electron chi connectivity index (χ0n) is 9.09. The van der Waals surface area contributed by atoms with Gasteiger partial charge in [0, 0.05) is 11.7 Å². The van der Waals surface area contributed by atoms with Gasteiger partial charge in [0.2, 0.25) is 0 Å². The highest BCUT2D eigenvalue weighted by molar-refractivity contribution is 9.10. The van der Waals surface area contributed by atoms with E-state index in [4.69, 9.17) is 0 Å². The number of halogens is 1. The highest BCUT2D eigenvalue weighted by Gasteiger charge is 2.27. The number of pyridine rings is 1. The number of anilines is 1. The summed E-state index contributed by atoms with van der Waals surface area (Å²) in [7, 11) is 0. The lowest BCUT2D eigenvalue weighted by Crippen LogP contribution is -2.37. The van der Waals surface area contributed by atoms with Crippen LogP contribution in [0.5, 0.6) is 0 Å². The molecule has 1 fully saturated rings. The van der Waals surface area contributed by atoms with Gasteiger partial charge >= 0.3 is 0 Å². The molecule has 82 valence electrons. The Morgan fingerprint density at radius 1 is 1.33 bits per heavy atom. The van der Waals surface area contributed by atoms with Gasteiger partial charge < -0.3 is 5.32 Å². The SMILES string of the molecule is CC1(Nc2ncccc2Br)CCCCC1. The van der Waals surface area contributed by atoms with Crippen molar-refractivity contribution in [3.8, 4) is 0 Å². The third kappa shape index (κ3) is 2.71. The first kappa shape index (κ1) is 10.9. The molecule has 1 heterocycles. The summed E-state index contributed by atoms with van der Waals surface area (Å²) in [6, 6.07) is 3.97. The molecule has 0 unspecified atom stereocenters. The molecule has 0 aliphatic heterocycles. The van der Waals surface area contributed by atoms with Crippen molar-refractivity contribution in [3.05, 3.63) is 22.8 Å². The Morgan fingerprint density at radius 2 is 2.07 bits per heavy atom. The fourth-order valence-corrected chi connectivity index (χ4v) is 2.57. The second kappa shape index (κ2) is 4.52. The molecular weight excluding hydrogens is 252 g/mol. The second-order valence-electron chi connectivity index (χ2n) is 4.58. The molecule has 1 aliphatic carbocycles. The molecule has 0 radical (unpaired) electrons. The first-order chi connectivity index (χ1) is 7.20. The Labute approximate surface area is 99.6 Å². The van der Waals surface area contributed by atoms with Crippen LogP contribution >= 0.6 is 15.9 Å². The minimum Gasteiger partial charge on any atom is -0.364 e. The van der Waals surface area contributed by atoms with Crippen LogP contribution in [0.25, 0.3) is 0 Å². The van der Waals surface area contributed by atoms with Crippen LogP contribution in [-0.2, 0) is 0 Å². The topological polar surface area (TPSA) is 24.9 Å². The Bertz CT molecular complexity index is 332. The molecule has 1 N–H and O–H groups in total. The number of nitrogens with one attached hydrogen (secondary N) is 1. The summed E-state index contributed by atoms with van der Waals surface area (Å²) in [5.74, 6) is 0.974. The minimum absolute atomic E-state index is 0.231. The van der Waals surface area contributed by atoms with E-state index in [-0.39, 0.29) is 5.54 Å². The maximum Gasteiger partial charge on any atom is 0.140 e. The van der Waals surface area contributed by atoms with E-state index in [9.17, 15) is 0 Å². The van der Waals surface area contributed by atoms with Crippen LogP contribution < -0.4 is 5.32 Å². The van der Waals surface area contributed by atoms with Crippen molar-refractivity contribution >= 4 is 21.7 Å². The number of hydrogen-bond acceptors (Lipinski definition) is 2. The second-order valence-corrected chi connectivity index (χ2v) is 5.43. The predicted molar refractivity (Wildman–Crippen MR) is 67.0 cm³/mol. The first-order valence-corrected chi connectivity index (χ1v) is 6.38. The van der Waals surface area contributed by atoms with Gasteiger partial charge in [-0.05, 0) is 47.8 Å². The molecule has 1 saturated carbocycles. The van der Waals surface area contributed by atoms with Gasteiger partial charge in [-0.3, -0.25) is 0 Å². The van der Waals surface area contributed by atoms with E-state index in [2.05, 4.69) is 33.2 Å². The number of rotatable bonds is 2. The summed E-state index contributed by atoms with van der Waals surface area (Å²) in [5.41, 5.74) is 0.231. The lowest BCUT2D eigenvalue weighted by atomic mass is 9.83.